The van der Waals surface area contributed by atoms with Crippen LogP contribution in [-0.2, 0) is 23.0 Å². The van der Waals surface area contributed by atoms with Gasteiger partial charge in [0.15, 0.2) is 0 Å². The van der Waals surface area contributed by atoms with E-state index in [2.05, 4.69) is 17.0 Å². The van der Waals surface area contributed by atoms with Gasteiger partial charge in [0.25, 0.3) is 0 Å². The molecule has 2 aliphatic rings. The Kier molecular flexibility index (Phi) is 5.16. The van der Waals surface area contributed by atoms with E-state index in [4.69, 9.17) is 16.3 Å². The van der Waals surface area contributed by atoms with E-state index < -0.39 is 10.0 Å². The van der Waals surface area contributed by atoms with Crippen LogP contribution in [0.5, 0.6) is 5.75 Å². The molecule has 27 heavy (non-hydrogen) atoms. The zero-order chi connectivity index (χ0) is 19.0. The molecule has 7 heteroatoms. The average Bonchev–Trinajstić information content (AvgIpc) is 3.09. The maximum absolute atomic E-state index is 13.0. The Labute approximate surface area is 165 Å². The summed E-state index contributed by atoms with van der Waals surface area (Å²) in [7, 11) is -3.48. The summed E-state index contributed by atoms with van der Waals surface area (Å²) < 4.78 is 33.1. The molecule has 0 spiro atoms. The first-order chi connectivity index (χ1) is 12.9. The Hall–Kier alpha value is -1.60. The van der Waals surface area contributed by atoms with E-state index >= 15 is 0 Å². The lowest BCUT2D eigenvalue weighted by molar-refractivity contribution is 0.181. The predicted molar refractivity (Wildman–Crippen MR) is 106 cm³/mol. The van der Waals surface area contributed by atoms with Gasteiger partial charge in [-0.05, 0) is 47.9 Å². The van der Waals surface area contributed by atoms with E-state index in [0.717, 1.165) is 38.4 Å². The highest BCUT2D eigenvalue weighted by molar-refractivity contribution is 7.89. The minimum absolute atomic E-state index is 0.346. The number of halogens is 1. The minimum Gasteiger partial charge on any atom is -0.493 e. The molecule has 2 aliphatic heterocycles. The van der Waals surface area contributed by atoms with Crippen molar-refractivity contribution in [1.29, 1.82) is 0 Å². The van der Waals surface area contributed by atoms with Crippen molar-refractivity contribution < 1.29 is 13.2 Å². The van der Waals surface area contributed by atoms with Crippen LogP contribution in [0.15, 0.2) is 41.3 Å². The topological polar surface area (TPSA) is 49.9 Å². The van der Waals surface area contributed by atoms with Crippen LogP contribution >= 0.6 is 11.6 Å². The fraction of sp³-hybridized carbons (Fsp3) is 0.400. The van der Waals surface area contributed by atoms with Crippen molar-refractivity contribution in [2.45, 2.75) is 24.8 Å². The number of rotatable bonds is 4. The Balaban J connectivity index is 1.41. The van der Waals surface area contributed by atoms with Crippen LogP contribution in [0.25, 0.3) is 0 Å². The summed E-state index contributed by atoms with van der Waals surface area (Å²) in [5.74, 6) is 0.994. The lowest BCUT2D eigenvalue weighted by atomic mass is 10.1. The quantitative estimate of drug-likeness (QED) is 0.782. The number of benzene rings is 2. The molecule has 0 atom stereocenters. The largest absolute Gasteiger partial charge is 0.493 e. The normalized spacial score (nSPS) is 18.3. The van der Waals surface area contributed by atoms with Gasteiger partial charge in [-0.1, -0.05) is 23.7 Å². The van der Waals surface area contributed by atoms with Gasteiger partial charge in [-0.15, -0.1) is 0 Å². The summed E-state index contributed by atoms with van der Waals surface area (Å²) in [5.41, 5.74) is 3.21. The first-order valence-corrected chi connectivity index (χ1v) is 11.0. The highest BCUT2D eigenvalue weighted by Gasteiger charge is 2.29. The molecule has 1 saturated heterocycles. The summed E-state index contributed by atoms with van der Waals surface area (Å²) in [6, 6.07) is 11.3. The summed E-state index contributed by atoms with van der Waals surface area (Å²) in [4.78, 5) is 2.65. The molecule has 0 N–H and O–H groups in total. The van der Waals surface area contributed by atoms with E-state index in [-0.39, 0.29) is 0 Å². The monoisotopic (exact) mass is 406 g/mol. The molecule has 0 aliphatic carbocycles. The molecule has 0 unspecified atom stereocenters. The van der Waals surface area contributed by atoms with Gasteiger partial charge in [0, 0.05) is 44.2 Å². The van der Waals surface area contributed by atoms with E-state index in [1.165, 1.54) is 11.1 Å². The van der Waals surface area contributed by atoms with E-state index in [9.17, 15) is 8.42 Å². The maximum Gasteiger partial charge on any atom is 0.243 e. The summed E-state index contributed by atoms with van der Waals surface area (Å²) in [6.07, 6.45) is 0.968. The highest BCUT2D eigenvalue weighted by atomic mass is 35.5. The molecule has 0 amide bonds. The van der Waals surface area contributed by atoms with Gasteiger partial charge in [0.2, 0.25) is 10.0 Å². The van der Waals surface area contributed by atoms with E-state index in [1.807, 2.05) is 6.07 Å². The molecule has 0 radical (unpaired) electrons. The molecule has 4 rings (SSSR count). The molecule has 0 saturated carbocycles. The van der Waals surface area contributed by atoms with Gasteiger partial charge in [0.1, 0.15) is 5.75 Å². The van der Waals surface area contributed by atoms with E-state index in [1.54, 1.807) is 29.4 Å². The molecule has 2 aromatic carbocycles. The van der Waals surface area contributed by atoms with Crippen molar-refractivity contribution in [3.8, 4) is 5.75 Å². The highest BCUT2D eigenvalue weighted by Crippen LogP contribution is 2.27. The van der Waals surface area contributed by atoms with Crippen LogP contribution in [0.4, 0.5) is 0 Å². The number of hydrogen-bond donors (Lipinski definition) is 0. The molecule has 2 heterocycles. The molecule has 0 bridgehead atoms. The van der Waals surface area contributed by atoms with Gasteiger partial charge in [-0.25, -0.2) is 8.42 Å². The number of hydrogen-bond acceptors (Lipinski definition) is 4. The molecule has 2 aromatic rings. The van der Waals surface area contributed by atoms with Crippen LogP contribution < -0.4 is 4.74 Å². The maximum atomic E-state index is 13.0. The number of ether oxygens (including phenoxy) is 1. The fourth-order valence-electron chi connectivity index (χ4n) is 3.77. The zero-order valence-electron chi connectivity index (χ0n) is 15.3. The number of nitrogens with zero attached hydrogens (tertiary/aromatic N) is 2. The lowest BCUT2D eigenvalue weighted by Gasteiger charge is -2.34. The third-order valence-electron chi connectivity index (χ3n) is 5.25. The van der Waals surface area contributed by atoms with E-state index in [0.29, 0.717) is 28.6 Å². The van der Waals surface area contributed by atoms with Crippen LogP contribution in [-0.4, -0.2) is 50.4 Å². The number of fused-ring (bicyclic) bond motifs is 1. The summed E-state index contributed by atoms with van der Waals surface area (Å²) >= 11 is 5.96. The van der Waals surface area contributed by atoms with Crippen LogP contribution in [0.1, 0.15) is 16.7 Å². The first-order valence-electron chi connectivity index (χ1n) is 9.17. The van der Waals surface area contributed by atoms with Gasteiger partial charge in [-0.2, -0.15) is 4.31 Å². The van der Waals surface area contributed by atoms with Gasteiger partial charge >= 0.3 is 0 Å². The Bertz CT molecular complexity index is 954. The second-order valence-corrected chi connectivity index (χ2v) is 9.47. The second kappa shape index (κ2) is 7.43. The molecular weight excluding hydrogens is 384 g/mol. The molecule has 5 nitrogen and oxygen atoms in total. The third kappa shape index (κ3) is 3.85. The third-order valence-corrected chi connectivity index (χ3v) is 7.54. The van der Waals surface area contributed by atoms with Crippen molar-refractivity contribution in [2.24, 2.45) is 0 Å². The zero-order valence-corrected chi connectivity index (χ0v) is 16.9. The Morgan fingerprint density at radius 1 is 1.07 bits per heavy atom. The number of sulfonamides is 1. The van der Waals surface area contributed by atoms with Crippen LogP contribution in [0, 0.1) is 6.92 Å². The molecule has 1 fully saturated rings. The predicted octanol–water partition coefficient (Wildman–Crippen LogP) is 3.09. The van der Waals surface area contributed by atoms with Crippen molar-refractivity contribution in [2.75, 3.05) is 32.8 Å². The number of piperazine rings is 1. The smallest absolute Gasteiger partial charge is 0.243 e. The summed E-state index contributed by atoms with van der Waals surface area (Å²) in [5, 5.41) is 0.552. The molecule has 0 aromatic heterocycles. The summed E-state index contributed by atoms with van der Waals surface area (Å²) in [6.45, 7) is 5.82. The molecular formula is C20H23ClN2O3S. The van der Waals surface area contributed by atoms with Crippen molar-refractivity contribution in [1.82, 2.24) is 9.21 Å². The fourth-order valence-corrected chi connectivity index (χ4v) is 5.62. The van der Waals surface area contributed by atoms with Crippen LogP contribution in [0.3, 0.4) is 0 Å². The average molecular weight is 407 g/mol. The minimum atomic E-state index is -3.48. The SMILES string of the molecule is Cc1cc(Cl)ccc1S(=O)(=O)N1CCN(Cc2ccc3c(c2)CCO3)CC1. The Morgan fingerprint density at radius 2 is 1.85 bits per heavy atom. The van der Waals surface area contributed by atoms with Gasteiger partial charge < -0.3 is 4.74 Å². The second-order valence-electron chi connectivity index (χ2n) is 7.13. The van der Waals surface area contributed by atoms with Crippen molar-refractivity contribution >= 4 is 21.6 Å². The van der Waals surface area contributed by atoms with Gasteiger partial charge in [0.05, 0.1) is 11.5 Å². The van der Waals surface area contributed by atoms with Crippen molar-refractivity contribution in [3.05, 3.63) is 58.1 Å². The Morgan fingerprint density at radius 3 is 2.59 bits per heavy atom. The van der Waals surface area contributed by atoms with Crippen LogP contribution in [0.2, 0.25) is 5.02 Å². The molecule has 144 valence electrons. The standard InChI is InChI=1S/C20H23ClN2O3S/c1-15-12-18(21)3-5-20(15)27(24,25)23-9-7-22(8-10-23)14-16-2-4-19-17(13-16)6-11-26-19/h2-5,12-13H,6-11,14H2,1H3. The van der Waals surface area contributed by atoms with Gasteiger partial charge in [-0.3, -0.25) is 4.90 Å². The number of aryl methyl sites for hydroxylation is 1. The first kappa shape index (κ1) is 18.7. The van der Waals surface area contributed by atoms with Crippen molar-refractivity contribution in [3.63, 3.8) is 0 Å². The lowest BCUT2D eigenvalue weighted by Crippen LogP contribution is -2.48.